The van der Waals surface area contributed by atoms with E-state index in [0.717, 1.165) is 10.9 Å². The van der Waals surface area contributed by atoms with Gasteiger partial charge in [-0.2, -0.15) is 31.4 Å². The molecule has 11 heteroatoms. The molecule has 0 N–H and O–H groups in total. The molecule has 0 spiro atoms. The molecule has 21 heavy (non-hydrogen) atoms. The van der Waals surface area contributed by atoms with Crippen molar-refractivity contribution in [1.82, 2.24) is 9.78 Å². The van der Waals surface area contributed by atoms with Crippen molar-refractivity contribution in [2.45, 2.75) is 18.9 Å². The van der Waals surface area contributed by atoms with Crippen molar-refractivity contribution in [3.63, 3.8) is 0 Å². The van der Waals surface area contributed by atoms with Crippen molar-refractivity contribution in [2.75, 3.05) is 13.7 Å². The van der Waals surface area contributed by atoms with Crippen LogP contribution in [-0.2, 0) is 11.3 Å². The summed E-state index contributed by atoms with van der Waals surface area (Å²) in [4.78, 5) is 11.7. The second kappa shape index (κ2) is 6.34. The number of carbonyl (C=O) groups is 1. The lowest BCUT2D eigenvalue weighted by atomic mass is 10.0. The zero-order valence-electron chi connectivity index (χ0n) is 10.4. The molecule has 0 aliphatic heterocycles. The van der Waals surface area contributed by atoms with Gasteiger partial charge in [-0.25, -0.2) is 0 Å². The summed E-state index contributed by atoms with van der Waals surface area (Å²) in [7, 11) is 1.29. The number of halogens is 7. The van der Waals surface area contributed by atoms with Crippen LogP contribution in [0.4, 0.5) is 26.3 Å². The molecule has 0 bridgehead atoms. The predicted octanol–water partition coefficient (Wildman–Crippen LogP) is 3.22. The van der Waals surface area contributed by atoms with Crippen LogP contribution in [-0.4, -0.2) is 41.6 Å². The summed E-state index contributed by atoms with van der Waals surface area (Å²) in [5.41, 5.74) is -0.799. The highest BCUT2D eigenvalue weighted by Crippen LogP contribution is 2.41. The van der Waals surface area contributed by atoms with Crippen LogP contribution in [0.15, 0.2) is 10.7 Å². The van der Waals surface area contributed by atoms with Gasteiger partial charge in [-0.3, -0.25) is 9.48 Å². The fraction of sp³-hybridized carbons (Fsp3) is 0.600. The molecule has 0 radical (unpaired) electrons. The second-order valence-electron chi connectivity index (χ2n) is 3.94. The molecule has 4 nitrogen and oxygen atoms in total. The second-order valence-corrected chi connectivity index (χ2v) is 4.79. The van der Waals surface area contributed by atoms with Gasteiger partial charge in [0.05, 0.1) is 23.8 Å². The third-order valence-corrected chi connectivity index (χ3v) is 3.03. The van der Waals surface area contributed by atoms with Crippen molar-refractivity contribution < 1.29 is 35.9 Å². The third kappa shape index (κ3) is 4.19. The molecule has 0 unspecified atom stereocenters. The Morgan fingerprint density at radius 2 is 1.86 bits per heavy atom. The van der Waals surface area contributed by atoms with E-state index in [1.54, 1.807) is 0 Å². The van der Waals surface area contributed by atoms with Gasteiger partial charge in [0, 0.05) is 7.11 Å². The van der Waals surface area contributed by atoms with Gasteiger partial charge in [0.2, 0.25) is 11.7 Å². The average Bonchev–Trinajstić information content (AvgIpc) is 2.63. The summed E-state index contributed by atoms with van der Waals surface area (Å²) < 4.78 is 80.5. The number of hydrogen-bond acceptors (Lipinski definition) is 3. The van der Waals surface area contributed by atoms with E-state index >= 15 is 0 Å². The number of rotatable bonds is 5. The molecule has 0 aliphatic rings. The highest BCUT2D eigenvalue weighted by Gasteiger charge is 2.61. The lowest BCUT2D eigenvalue weighted by Gasteiger charge is -2.22. The van der Waals surface area contributed by atoms with Crippen LogP contribution in [0.25, 0.3) is 0 Å². The Morgan fingerprint density at radius 1 is 1.33 bits per heavy atom. The summed E-state index contributed by atoms with van der Waals surface area (Å²) >= 11 is 2.73. The van der Waals surface area contributed by atoms with Gasteiger partial charge in [-0.05, 0) is 15.9 Å². The van der Waals surface area contributed by atoms with Crippen LogP contribution in [0.1, 0.15) is 10.5 Å². The molecule has 1 rings (SSSR count). The quantitative estimate of drug-likeness (QED) is 0.580. The number of methoxy groups -OCH3 is 1. The predicted molar refractivity (Wildman–Crippen MR) is 61.7 cm³/mol. The molecule has 0 saturated carbocycles. The lowest BCUT2D eigenvalue weighted by molar-refractivity contribution is -0.265. The van der Waals surface area contributed by atoms with Gasteiger partial charge >= 0.3 is 12.4 Å². The molecule has 1 aromatic heterocycles. The van der Waals surface area contributed by atoms with E-state index in [4.69, 9.17) is 0 Å². The van der Waals surface area contributed by atoms with Crippen molar-refractivity contribution in [3.05, 3.63) is 16.4 Å². The number of Topliss-reactive ketones (excluding diaryl/α,β-unsaturated/α-hetero) is 1. The number of hydrogen-bond donors (Lipinski definition) is 0. The Balaban J connectivity index is 3.25. The van der Waals surface area contributed by atoms with Crippen molar-refractivity contribution in [1.29, 1.82) is 0 Å². The maximum Gasteiger partial charge on any atom is 0.407 e. The minimum Gasteiger partial charge on any atom is -0.383 e. The minimum absolute atomic E-state index is 0.0307. The highest BCUT2D eigenvalue weighted by atomic mass is 79.9. The molecule has 1 heterocycles. The van der Waals surface area contributed by atoms with Gasteiger partial charge in [0.1, 0.15) is 5.69 Å². The molecule has 1 aromatic rings. The Kier molecular flexibility index (Phi) is 5.42. The van der Waals surface area contributed by atoms with Crippen LogP contribution in [0.3, 0.4) is 0 Å². The van der Waals surface area contributed by atoms with E-state index in [2.05, 4.69) is 25.8 Å². The fourth-order valence-electron chi connectivity index (χ4n) is 1.57. The molecule has 120 valence electrons. The smallest absolute Gasteiger partial charge is 0.383 e. The number of aromatic nitrogens is 2. The van der Waals surface area contributed by atoms with Crippen LogP contribution >= 0.6 is 15.9 Å². The van der Waals surface area contributed by atoms with Crippen LogP contribution < -0.4 is 0 Å². The molecule has 0 saturated heterocycles. The summed E-state index contributed by atoms with van der Waals surface area (Å²) in [6.07, 6.45) is -10.5. The van der Waals surface area contributed by atoms with Crippen LogP contribution in [0, 0.1) is 5.92 Å². The zero-order valence-corrected chi connectivity index (χ0v) is 12.0. The topological polar surface area (TPSA) is 44.1 Å². The number of nitrogens with zero attached hydrogens (tertiary/aromatic N) is 2. The fourth-order valence-corrected chi connectivity index (χ4v) is 2.07. The largest absolute Gasteiger partial charge is 0.407 e. The van der Waals surface area contributed by atoms with Gasteiger partial charge in [-0.1, -0.05) is 0 Å². The Labute approximate surface area is 123 Å². The summed E-state index contributed by atoms with van der Waals surface area (Å²) in [5.74, 6) is -6.21. The maximum atomic E-state index is 12.6. The molecular formula is C10H9BrF6N2O2. The summed E-state index contributed by atoms with van der Waals surface area (Å²) in [5, 5.41) is 3.56. The van der Waals surface area contributed by atoms with E-state index in [1.807, 2.05) is 0 Å². The monoisotopic (exact) mass is 382 g/mol. The number of ketones is 1. The Bertz CT molecular complexity index is 497. The third-order valence-electron chi connectivity index (χ3n) is 2.45. The first-order valence-electron chi connectivity index (χ1n) is 5.38. The number of carbonyl (C=O) groups excluding carboxylic acids is 1. The summed E-state index contributed by atoms with van der Waals surface area (Å²) in [6, 6.07) is 0. The first-order chi connectivity index (χ1) is 9.50. The zero-order chi connectivity index (χ0) is 16.4. The first-order valence-corrected chi connectivity index (χ1v) is 6.17. The van der Waals surface area contributed by atoms with Gasteiger partial charge in [0.25, 0.3) is 0 Å². The molecule has 0 aromatic carbocycles. The Morgan fingerprint density at radius 3 is 2.29 bits per heavy atom. The van der Waals surface area contributed by atoms with E-state index < -0.39 is 29.7 Å². The van der Waals surface area contributed by atoms with Crippen molar-refractivity contribution in [3.8, 4) is 0 Å². The lowest BCUT2D eigenvalue weighted by Crippen LogP contribution is -2.43. The van der Waals surface area contributed by atoms with E-state index in [1.165, 1.54) is 7.11 Å². The molecule has 0 atom stereocenters. The minimum atomic E-state index is -5.74. The number of ether oxygens (including phenoxy) is 1. The molecule has 0 amide bonds. The van der Waals surface area contributed by atoms with Crippen molar-refractivity contribution >= 4 is 21.7 Å². The average molecular weight is 383 g/mol. The molecule has 0 fully saturated rings. The van der Waals surface area contributed by atoms with E-state index in [9.17, 15) is 31.1 Å². The summed E-state index contributed by atoms with van der Waals surface area (Å²) in [6.45, 7) is -0.192. The van der Waals surface area contributed by atoms with Gasteiger partial charge in [0.15, 0.2) is 0 Å². The molecule has 0 aliphatic carbocycles. The standard InChI is InChI=1S/C10H9BrF6N2O2/c1-21-3-2-19-6(5(11)4-18-19)7(20)8(9(12,13)14)10(15,16)17/h4,8H,2-3H2,1H3. The van der Waals surface area contributed by atoms with Gasteiger partial charge < -0.3 is 4.74 Å². The van der Waals surface area contributed by atoms with E-state index in [0.29, 0.717) is 0 Å². The van der Waals surface area contributed by atoms with Crippen molar-refractivity contribution in [2.24, 2.45) is 5.92 Å². The maximum absolute atomic E-state index is 12.6. The Hall–Kier alpha value is -1.10. The number of alkyl halides is 6. The highest BCUT2D eigenvalue weighted by molar-refractivity contribution is 9.10. The normalized spacial score (nSPS) is 13.0. The SMILES string of the molecule is COCCn1ncc(Br)c1C(=O)C(C(F)(F)F)C(F)(F)F. The van der Waals surface area contributed by atoms with Crippen LogP contribution in [0.5, 0.6) is 0 Å². The first kappa shape index (κ1) is 18.0. The molecular weight excluding hydrogens is 374 g/mol. The van der Waals surface area contributed by atoms with Gasteiger partial charge in [-0.15, -0.1) is 0 Å². The van der Waals surface area contributed by atoms with Crippen LogP contribution in [0.2, 0.25) is 0 Å². The van der Waals surface area contributed by atoms with E-state index in [-0.39, 0.29) is 17.6 Å².